The summed E-state index contributed by atoms with van der Waals surface area (Å²) in [6.45, 7) is 2.33. The molecule has 0 unspecified atom stereocenters. The maximum absolute atomic E-state index is 12.2. The van der Waals surface area contributed by atoms with Gasteiger partial charge >= 0.3 is 5.69 Å². The highest BCUT2D eigenvalue weighted by Gasteiger charge is 2.13. The van der Waals surface area contributed by atoms with Crippen molar-refractivity contribution in [2.75, 3.05) is 0 Å². The van der Waals surface area contributed by atoms with E-state index >= 15 is 0 Å². The quantitative estimate of drug-likeness (QED) is 0.570. The molecule has 6 nitrogen and oxygen atoms in total. The molecule has 0 bridgehead atoms. The fourth-order valence-electron chi connectivity index (χ4n) is 2.95. The molecular weight excluding hydrogens is 328 g/mol. The molecular formula is C20H18N4O2. The monoisotopic (exact) mass is 346 g/mol. The van der Waals surface area contributed by atoms with Crippen molar-refractivity contribution in [1.29, 1.82) is 0 Å². The van der Waals surface area contributed by atoms with Gasteiger partial charge in [0, 0.05) is 12.6 Å². The first-order valence-corrected chi connectivity index (χ1v) is 8.33. The summed E-state index contributed by atoms with van der Waals surface area (Å²) >= 11 is 0. The molecule has 0 saturated heterocycles. The van der Waals surface area contributed by atoms with Gasteiger partial charge in [-0.1, -0.05) is 42.5 Å². The van der Waals surface area contributed by atoms with E-state index in [4.69, 9.17) is 4.74 Å². The Bertz CT molecular complexity index is 1140. The third-order valence-corrected chi connectivity index (χ3v) is 4.44. The molecule has 0 fully saturated rings. The van der Waals surface area contributed by atoms with Crippen LogP contribution in [0, 0.1) is 6.92 Å². The van der Waals surface area contributed by atoms with Crippen molar-refractivity contribution < 1.29 is 4.74 Å². The number of tetrazole rings is 1. The summed E-state index contributed by atoms with van der Waals surface area (Å²) in [5.74, 6) is 0.782. The van der Waals surface area contributed by atoms with Crippen LogP contribution in [0.15, 0.2) is 65.5 Å². The number of fused-ring (bicyclic) bond motifs is 1. The summed E-state index contributed by atoms with van der Waals surface area (Å²) in [5.41, 5.74) is 2.33. The highest BCUT2D eigenvalue weighted by molar-refractivity contribution is 5.83. The summed E-state index contributed by atoms with van der Waals surface area (Å²) in [4.78, 5) is 12.2. The van der Waals surface area contributed by atoms with Gasteiger partial charge in [-0.25, -0.2) is 4.79 Å². The molecule has 1 heterocycles. The second-order valence-corrected chi connectivity index (χ2v) is 6.17. The van der Waals surface area contributed by atoms with Crippen LogP contribution in [0.5, 0.6) is 5.75 Å². The lowest BCUT2D eigenvalue weighted by Crippen LogP contribution is -2.23. The van der Waals surface area contributed by atoms with E-state index in [1.54, 1.807) is 7.05 Å². The zero-order chi connectivity index (χ0) is 18.1. The number of rotatable bonds is 4. The van der Waals surface area contributed by atoms with Gasteiger partial charge in [-0.05, 0) is 51.9 Å². The number of hydrogen-bond donors (Lipinski definition) is 0. The molecule has 26 heavy (non-hydrogen) atoms. The Morgan fingerprint density at radius 3 is 2.54 bits per heavy atom. The fourth-order valence-corrected chi connectivity index (χ4v) is 2.95. The molecule has 130 valence electrons. The minimum atomic E-state index is -0.289. The molecule has 4 rings (SSSR count). The van der Waals surface area contributed by atoms with E-state index in [2.05, 4.69) is 22.6 Å². The molecule has 0 saturated carbocycles. The largest absolute Gasteiger partial charge is 0.489 e. The predicted octanol–water partition coefficient (Wildman–Crippen LogP) is 3.01. The Labute approximate surface area is 150 Å². The van der Waals surface area contributed by atoms with E-state index in [1.807, 2.05) is 55.5 Å². The summed E-state index contributed by atoms with van der Waals surface area (Å²) in [6.07, 6.45) is 0. The van der Waals surface area contributed by atoms with Crippen LogP contribution in [-0.4, -0.2) is 19.8 Å². The number of benzene rings is 3. The third kappa shape index (κ3) is 2.86. The van der Waals surface area contributed by atoms with Crippen molar-refractivity contribution in [3.63, 3.8) is 0 Å². The van der Waals surface area contributed by atoms with Crippen LogP contribution < -0.4 is 10.4 Å². The van der Waals surface area contributed by atoms with E-state index in [9.17, 15) is 4.79 Å². The highest BCUT2D eigenvalue weighted by atomic mass is 16.5. The molecule has 0 aliphatic carbocycles. The minimum Gasteiger partial charge on any atom is -0.489 e. The molecule has 3 aromatic carbocycles. The van der Waals surface area contributed by atoms with Gasteiger partial charge in [-0.15, -0.1) is 0 Å². The van der Waals surface area contributed by atoms with Crippen LogP contribution in [0.25, 0.3) is 16.5 Å². The van der Waals surface area contributed by atoms with Crippen molar-refractivity contribution >= 4 is 10.8 Å². The Hall–Kier alpha value is -3.41. The number of ether oxygens (including phenoxy) is 1. The molecule has 4 aromatic rings. The van der Waals surface area contributed by atoms with Gasteiger partial charge in [0.1, 0.15) is 12.4 Å². The minimum absolute atomic E-state index is 0.289. The highest BCUT2D eigenvalue weighted by Crippen LogP contribution is 2.23. The van der Waals surface area contributed by atoms with Crippen LogP contribution in [0.3, 0.4) is 0 Å². The first-order valence-electron chi connectivity index (χ1n) is 8.33. The lowest BCUT2D eigenvalue weighted by Gasteiger charge is -2.13. The van der Waals surface area contributed by atoms with E-state index in [-0.39, 0.29) is 5.69 Å². The van der Waals surface area contributed by atoms with Gasteiger partial charge in [0.15, 0.2) is 0 Å². The number of aromatic nitrogens is 4. The van der Waals surface area contributed by atoms with Crippen molar-refractivity contribution in [3.05, 3.63) is 82.3 Å². The smallest absolute Gasteiger partial charge is 0.368 e. The van der Waals surface area contributed by atoms with E-state index in [1.165, 1.54) is 14.7 Å². The van der Waals surface area contributed by atoms with Crippen molar-refractivity contribution in [1.82, 2.24) is 19.8 Å². The van der Waals surface area contributed by atoms with Crippen LogP contribution in [0.4, 0.5) is 0 Å². The summed E-state index contributed by atoms with van der Waals surface area (Å²) < 4.78 is 8.52. The van der Waals surface area contributed by atoms with E-state index in [0.717, 1.165) is 22.3 Å². The predicted molar refractivity (Wildman–Crippen MR) is 99.6 cm³/mol. The van der Waals surface area contributed by atoms with Gasteiger partial charge in [0.2, 0.25) is 0 Å². The average Bonchev–Trinajstić information content (AvgIpc) is 2.99. The molecule has 0 N–H and O–H groups in total. The Morgan fingerprint density at radius 1 is 0.962 bits per heavy atom. The first kappa shape index (κ1) is 16.1. The first-order chi connectivity index (χ1) is 12.6. The zero-order valence-corrected chi connectivity index (χ0v) is 14.6. The van der Waals surface area contributed by atoms with E-state index < -0.39 is 0 Å². The van der Waals surface area contributed by atoms with Gasteiger partial charge in [0.25, 0.3) is 0 Å². The molecule has 1 aromatic heterocycles. The number of aryl methyl sites for hydroxylation is 2. The maximum atomic E-state index is 12.2. The zero-order valence-electron chi connectivity index (χ0n) is 14.6. The molecule has 0 atom stereocenters. The summed E-state index contributed by atoms with van der Waals surface area (Å²) in [5, 5.41) is 10.0. The van der Waals surface area contributed by atoms with Crippen LogP contribution >= 0.6 is 0 Å². The number of hydrogen-bond acceptors (Lipinski definition) is 4. The van der Waals surface area contributed by atoms with Crippen LogP contribution in [0.1, 0.15) is 11.1 Å². The normalized spacial score (nSPS) is 11.0. The lowest BCUT2D eigenvalue weighted by molar-refractivity contribution is 0.305. The molecule has 0 aliphatic heterocycles. The standard InChI is InChI=1S/C20H18N4O2/c1-14-6-5-9-19(24-20(25)23(2)21-22-24)18(14)13-26-17-11-10-15-7-3-4-8-16(15)12-17/h3-12H,13H2,1-2H3. The average molecular weight is 346 g/mol. The van der Waals surface area contributed by atoms with Crippen molar-refractivity contribution in [2.45, 2.75) is 13.5 Å². The lowest BCUT2D eigenvalue weighted by atomic mass is 10.1. The van der Waals surface area contributed by atoms with Crippen molar-refractivity contribution in [3.8, 4) is 11.4 Å². The maximum Gasteiger partial charge on any atom is 0.368 e. The van der Waals surface area contributed by atoms with Crippen molar-refractivity contribution in [2.24, 2.45) is 7.05 Å². The third-order valence-electron chi connectivity index (χ3n) is 4.44. The number of nitrogens with zero attached hydrogens (tertiary/aromatic N) is 4. The second kappa shape index (κ2) is 6.48. The molecule has 6 heteroatoms. The fraction of sp³-hybridized carbons (Fsp3) is 0.150. The molecule has 0 aliphatic rings. The second-order valence-electron chi connectivity index (χ2n) is 6.17. The SMILES string of the molecule is Cc1cccc(-n2nnn(C)c2=O)c1COc1ccc2ccccc2c1. The Morgan fingerprint density at radius 2 is 1.77 bits per heavy atom. The molecule has 0 amide bonds. The Kier molecular flexibility index (Phi) is 4.01. The molecule has 0 spiro atoms. The van der Waals surface area contributed by atoms with Gasteiger partial charge in [-0.3, -0.25) is 0 Å². The molecule has 0 radical (unpaired) electrons. The van der Waals surface area contributed by atoms with Gasteiger partial charge in [-0.2, -0.15) is 9.36 Å². The topological polar surface area (TPSA) is 61.9 Å². The summed E-state index contributed by atoms with van der Waals surface area (Å²) in [6, 6.07) is 19.9. The van der Waals surface area contributed by atoms with Crippen LogP contribution in [0.2, 0.25) is 0 Å². The van der Waals surface area contributed by atoms with Crippen LogP contribution in [-0.2, 0) is 13.7 Å². The van der Waals surface area contributed by atoms with Gasteiger partial charge in [0.05, 0.1) is 5.69 Å². The Balaban J connectivity index is 1.67. The summed E-state index contributed by atoms with van der Waals surface area (Å²) in [7, 11) is 1.58. The van der Waals surface area contributed by atoms with Gasteiger partial charge < -0.3 is 4.74 Å². The van der Waals surface area contributed by atoms with E-state index in [0.29, 0.717) is 12.3 Å².